The number of nitrogens with one attached hydrogen (secondary N) is 1. The molecule has 1 aromatic rings. The molecule has 52 heavy (non-hydrogen) atoms. The minimum absolute atomic E-state index is 0.129. The van der Waals surface area contributed by atoms with Crippen molar-refractivity contribution in [3.05, 3.63) is 32.6 Å². The maximum atomic E-state index is 12.1. The molecule has 2 heterocycles. The Hall–Kier alpha value is -1.15. The van der Waals surface area contributed by atoms with Gasteiger partial charge in [0.1, 0.15) is 18.3 Å². The smallest absolute Gasteiger partial charge is 0.387 e. The molecule has 1 aliphatic heterocycles. The van der Waals surface area contributed by atoms with Crippen molar-refractivity contribution in [2.75, 3.05) is 72.6 Å². The predicted octanol–water partition coefficient (Wildman–Crippen LogP) is 2.51. The first-order chi connectivity index (χ1) is 24.1. The average Bonchev–Trinajstić information content (AvgIpc) is 3.38. The molecule has 1 aromatic heterocycles. The normalized spacial score (nSPS) is 21.0. The molecule has 1 aliphatic rings. The van der Waals surface area contributed by atoms with Crippen molar-refractivity contribution in [2.45, 2.75) is 93.8 Å². The van der Waals surface area contributed by atoms with Crippen LogP contribution in [0.5, 0.6) is 0 Å². The van der Waals surface area contributed by atoms with E-state index in [1.165, 1.54) is 72.9 Å². The zero-order valence-electron chi connectivity index (χ0n) is 32.4. The molecule has 6 atom stereocenters. The van der Waals surface area contributed by atoms with Gasteiger partial charge in [0.25, 0.3) is 5.56 Å². The lowest BCUT2D eigenvalue weighted by Gasteiger charge is -2.20. The molecule has 23 heteroatoms. The van der Waals surface area contributed by atoms with Crippen LogP contribution in [0.15, 0.2) is 15.8 Å². The van der Waals surface area contributed by atoms with E-state index in [0.29, 0.717) is 0 Å². The number of aliphatic hydroxyl groups excluding tert-OH is 1. The Kier molecular flexibility index (Phi) is 27.1. The summed E-state index contributed by atoms with van der Waals surface area (Å²) < 4.78 is 56.7. The van der Waals surface area contributed by atoms with Gasteiger partial charge < -0.3 is 48.9 Å². The van der Waals surface area contributed by atoms with Crippen molar-refractivity contribution in [3.63, 3.8) is 0 Å². The Balaban J connectivity index is 0. The van der Waals surface area contributed by atoms with Crippen LogP contribution in [-0.2, 0) is 36.3 Å². The molecule has 20 nitrogen and oxygen atoms in total. The van der Waals surface area contributed by atoms with E-state index in [1.807, 2.05) is 4.98 Å². The van der Waals surface area contributed by atoms with Crippen LogP contribution in [0, 0.1) is 6.92 Å². The summed E-state index contributed by atoms with van der Waals surface area (Å²) in [6, 6.07) is 0. The predicted molar refractivity (Wildman–Crippen MR) is 197 cm³/mol. The Morgan fingerprint density at radius 2 is 1.15 bits per heavy atom. The summed E-state index contributed by atoms with van der Waals surface area (Å²) in [5, 5.41) is 10.3. The SMILES string of the molecule is CCN(CC)CC.CCN(CC)CC.CCN(CC)CC.CO[C@@H]1[C@H](O)[C@@H](COP(=O)(O)OP(=O)(O)OP(=O)(O)O)O[C@H]1n1cc(C)c(=O)[nH]c1=O. The first-order valence-corrected chi connectivity index (χ1v) is 21.7. The van der Waals surface area contributed by atoms with Crippen molar-refractivity contribution < 1.29 is 61.0 Å². The van der Waals surface area contributed by atoms with E-state index in [-0.39, 0.29) is 5.56 Å². The number of aromatic nitrogens is 2. The topological polar surface area (TPSA) is 263 Å². The Bertz CT molecular complexity index is 1320. The van der Waals surface area contributed by atoms with Gasteiger partial charge in [-0.05, 0) is 65.8 Å². The number of nitrogens with zero attached hydrogens (tertiary/aromatic N) is 4. The molecule has 2 rings (SSSR count). The molecule has 0 radical (unpaired) electrons. The molecule has 2 unspecified atom stereocenters. The standard InChI is InChI=1S/C11H19N2O15P3.3C6H15N/c1-5-3-13(11(16)12-9(5)15)10-8(24-2)7(14)6(26-10)4-25-30(20,21)28-31(22,23)27-29(17,18)19;3*1-4-7(5-2)6-3/h3,6-8,10,14H,4H2,1-2H3,(H,20,21)(H,22,23)(H,12,15,16)(H2,17,18,19);3*4-6H2,1-3H3/t6-,7-,8-,10-;;;/m1.../s1. The number of aromatic amines is 1. The van der Waals surface area contributed by atoms with Gasteiger partial charge in [0.05, 0.1) is 6.61 Å². The Labute approximate surface area is 307 Å². The lowest BCUT2D eigenvalue weighted by Crippen LogP contribution is -2.39. The highest BCUT2D eigenvalue weighted by Crippen LogP contribution is 2.66. The largest absolute Gasteiger partial charge is 0.490 e. The van der Waals surface area contributed by atoms with Crippen LogP contribution < -0.4 is 11.2 Å². The number of ether oxygens (including phenoxy) is 2. The zero-order valence-corrected chi connectivity index (χ0v) is 35.1. The molecule has 0 saturated carbocycles. The number of hydrogen-bond donors (Lipinski definition) is 6. The van der Waals surface area contributed by atoms with E-state index in [9.17, 15) is 33.3 Å². The quantitative estimate of drug-likeness (QED) is 0.116. The summed E-state index contributed by atoms with van der Waals surface area (Å²) in [4.78, 5) is 68.3. The summed E-state index contributed by atoms with van der Waals surface area (Å²) >= 11 is 0. The van der Waals surface area contributed by atoms with E-state index < -0.39 is 65.9 Å². The molecule has 1 saturated heterocycles. The number of H-pyrrole nitrogens is 1. The number of hydrogen-bond acceptors (Lipinski definition) is 14. The van der Waals surface area contributed by atoms with Gasteiger partial charge >= 0.3 is 29.2 Å². The van der Waals surface area contributed by atoms with Crippen molar-refractivity contribution >= 4 is 23.5 Å². The lowest BCUT2D eigenvalue weighted by atomic mass is 10.1. The molecule has 0 bridgehead atoms. The average molecular weight is 816 g/mol. The second-order valence-electron chi connectivity index (χ2n) is 11.0. The monoisotopic (exact) mass is 815 g/mol. The molecule has 1 fully saturated rings. The van der Waals surface area contributed by atoms with Crippen LogP contribution in [0.3, 0.4) is 0 Å². The number of phosphoric acid groups is 3. The van der Waals surface area contributed by atoms with Gasteiger partial charge in [-0.3, -0.25) is 18.9 Å². The van der Waals surface area contributed by atoms with Crippen LogP contribution in [0.1, 0.15) is 74.1 Å². The van der Waals surface area contributed by atoms with E-state index in [2.05, 4.69) is 90.2 Å². The van der Waals surface area contributed by atoms with Gasteiger partial charge in [-0.25, -0.2) is 18.5 Å². The number of aryl methyl sites for hydroxylation is 1. The van der Waals surface area contributed by atoms with Crippen LogP contribution >= 0.6 is 23.5 Å². The van der Waals surface area contributed by atoms with Crippen LogP contribution in [-0.4, -0.2) is 140 Å². The van der Waals surface area contributed by atoms with Gasteiger partial charge in [-0.2, -0.15) is 8.62 Å². The maximum Gasteiger partial charge on any atom is 0.490 e. The summed E-state index contributed by atoms with van der Waals surface area (Å²) in [6.07, 6.45) is -4.38. The molecular weight excluding hydrogens is 751 g/mol. The van der Waals surface area contributed by atoms with Gasteiger partial charge in [-0.1, -0.05) is 62.3 Å². The molecule has 0 amide bonds. The maximum absolute atomic E-state index is 12.1. The van der Waals surface area contributed by atoms with E-state index in [0.717, 1.165) is 10.8 Å². The molecule has 0 aromatic carbocycles. The minimum Gasteiger partial charge on any atom is -0.387 e. The molecule has 310 valence electrons. The van der Waals surface area contributed by atoms with E-state index in [4.69, 9.17) is 24.2 Å². The van der Waals surface area contributed by atoms with Gasteiger partial charge in [0.15, 0.2) is 6.23 Å². The molecule has 6 N–H and O–H groups in total. The van der Waals surface area contributed by atoms with Crippen molar-refractivity contribution in [1.82, 2.24) is 24.3 Å². The summed E-state index contributed by atoms with van der Waals surface area (Å²) in [6.45, 7) is 30.8. The number of phosphoric ester groups is 1. The third-order valence-corrected chi connectivity index (χ3v) is 11.7. The highest BCUT2D eigenvalue weighted by Gasteiger charge is 2.47. The first kappa shape index (κ1) is 53.0. The van der Waals surface area contributed by atoms with E-state index in [1.54, 1.807) is 0 Å². The fourth-order valence-electron chi connectivity index (χ4n) is 4.59. The number of aliphatic hydroxyl groups is 1. The van der Waals surface area contributed by atoms with Crippen molar-refractivity contribution in [2.24, 2.45) is 0 Å². The van der Waals surface area contributed by atoms with Crippen molar-refractivity contribution in [1.29, 1.82) is 0 Å². The van der Waals surface area contributed by atoms with Crippen LogP contribution in [0.2, 0.25) is 0 Å². The first-order valence-electron chi connectivity index (χ1n) is 17.2. The highest BCUT2D eigenvalue weighted by molar-refractivity contribution is 7.66. The summed E-state index contributed by atoms with van der Waals surface area (Å²) in [5.41, 5.74) is -1.43. The third-order valence-electron chi connectivity index (χ3n) is 7.85. The highest BCUT2D eigenvalue weighted by atomic mass is 31.3. The van der Waals surface area contributed by atoms with Gasteiger partial charge in [-0.15, -0.1) is 0 Å². The van der Waals surface area contributed by atoms with Gasteiger partial charge in [0.2, 0.25) is 0 Å². The Morgan fingerprint density at radius 1 is 0.750 bits per heavy atom. The number of methoxy groups -OCH3 is 1. The minimum atomic E-state index is -5.72. The Morgan fingerprint density at radius 3 is 1.48 bits per heavy atom. The van der Waals surface area contributed by atoms with Crippen molar-refractivity contribution in [3.8, 4) is 0 Å². The van der Waals surface area contributed by atoms with Crippen LogP contribution in [0.4, 0.5) is 0 Å². The van der Waals surface area contributed by atoms with E-state index >= 15 is 0 Å². The summed E-state index contributed by atoms with van der Waals surface area (Å²) in [7, 11) is -15.6. The number of rotatable bonds is 18. The zero-order chi connectivity index (χ0) is 40.9. The second-order valence-corrected chi connectivity index (χ2v) is 15.4. The molecule has 0 aliphatic carbocycles. The molecular formula is C29H64N5O15P3. The summed E-state index contributed by atoms with van der Waals surface area (Å²) in [5.74, 6) is 0. The van der Waals surface area contributed by atoms with Gasteiger partial charge in [0, 0.05) is 18.9 Å². The second kappa shape index (κ2) is 26.6. The fourth-order valence-corrected chi connectivity index (χ4v) is 7.62. The lowest BCUT2D eigenvalue weighted by molar-refractivity contribution is -0.0620. The van der Waals surface area contributed by atoms with Crippen LogP contribution in [0.25, 0.3) is 0 Å². The third kappa shape index (κ3) is 21.1. The fraction of sp³-hybridized carbons (Fsp3) is 0.862. The molecule has 0 spiro atoms.